The third-order valence-electron chi connectivity index (χ3n) is 4.14. The van der Waals surface area contributed by atoms with Crippen molar-refractivity contribution in [3.63, 3.8) is 0 Å². The molecule has 3 aromatic rings. The van der Waals surface area contributed by atoms with Crippen LogP contribution in [0.15, 0.2) is 27.4 Å². The Hall–Kier alpha value is -3.73. The summed E-state index contributed by atoms with van der Waals surface area (Å²) in [4.78, 5) is 15.3. The monoisotopic (exact) mass is 367 g/mol. The van der Waals surface area contributed by atoms with Crippen molar-refractivity contribution in [1.82, 2.24) is 4.98 Å². The van der Waals surface area contributed by atoms with E-state index < -0.39 is 5.56 Å². The normalized spacial score (nSPS) is 10.5. The zero-order chi connectivity index (χ0) is 19.7. The number of aryl methyl sites for hydroxylation is 1. The number of fused-ring (bicyclic) bond motifs is 1. The maximum atomic E-state index is 12.6. The second-order valence-electron chi connectivity index (χ2n) is 5.73. The molecule has 8 nitrogen and oxygen atoms in total. The van der Waals surface area contributed by atoms with Crippen LogP contribution >= 0.6 is 0 Å². The third kappa shape index (κ3) is 2.89. The molecule has 0 aliphatic carbocycles. The predicted octanol–water partition coefficient (Wildman–Crippen LogP) is 2.47. The molecular weight excluding hydrogens is 350 g/mol. The van der Waals surface area contributed by atoms with Crippen LogP contribution in [0.2, 0.25) is 0 Å². The van der Waals surface area contributed by atoms with E-state index in [4.69, 9.17) is 24.0 Å². The number of hydrogen-bond acceptors (Lipinski definition) is 7. The molecule has 2 aromatic heterocycles. The van der Waals surface area contributed by atoms with Crippen molar-refractivity contribution in [2.24, 2.45) is 0 Å². The number of nitriles is 1. The van der Waals surface area contributed by atoms with Crippen molar-refractivity contribution in [3.8, 4) is 34.4 Å². The molecule has 0 aliphatic heterocycles. The fraction of sp³-hybridized carbons (Fsp3) is 0.211. The maximum Gasteiger partial charge on any atom is 0.259 e. The van der Waals surface area contributed by atoms with Crippen LogP contribution in [-0.4, -0.2) is 26.3 Å². The molecule has 0 fully saturated rings. The Morgan fingerprint density at radius 1 is 1.11 bits per heavy atom. The zero-order valence-electron chi connectivity index (χ0n) is 15.2. The molecule has 8 heteroatoms. The molecule has 1 aromatic carbocycles. The Bertz CT molecular complexity index is 1180. The molecule has 138 valence electrons. The standard InChI is InChI=1S/C19H17N3O5/c1-9-5-12-16(19(23)22-9)15(11(8-20)18(21)27-12)10-6-13(24-2)17(26-4)14(7-10)25-3/h5-7,21H,1-4H3,(H,22,23). The third-order valence-corrected chi connectivity index (χ3v) is 4.14. The number of benzene rings is 1. The van der Waals surface area contributed by atoms with E-state index in [1.165, 1.54) is 21.3 Å². The van der Waals surface area contributed by atoms with E-state index in [0.29, 0.717) is 28.5 Å². The first kappa shape index (κ1) is 18.1. The van der Waals surface area contributed by atoms with Gasteiger partial charge in [-0.25, -0.2) is 0 Å². The van der Waals surface area contributed by atoms with Gasteiger partial charge in [0.2, 0.25) is 11.3 Å². The van der Waals surface area contributed by atoms with Crippen LogP contribution in [0.5, 0.6) is 17.2 Å². The summed E-state index contributed by atoms with van der Waals surface area (Å²) in [6.45, 7) is 1.71. The van der Waals surface area contributed by atoms with Crippen molar-refractivity contribution in [2.75, 3.05) is 21.3 Å². The molecule has 0 amide bonds. The number of pyridine rings is 1. The molecule has 0 unspecified atom stereocenters. The highest BCUT2D eigenvalue weighted by atomic mass is 16.5. The summed E-state index contributed by atoms with van der Waals surface area (Å²) in [5, 5.41) is 17.8. The van der Waals surface area contributed by atoms with Crippen LogP contribution in [0, 0.1) is 23.7 Å². The average molecular weight is 367 g/mol. The van der Waals surface area contributed by atoms with Gasteiger partial charge in [-0.2, -0.15) is 5.26 Å². The highest BCUT2D eigenvalue weighted by Crippen LogP contribution is 2.42. The van der Waals surface area contributed by atoms with E-state index in [9.17, 15) is 10.1 Å². The van der Waals surface area contributed by atoms with Gasteiger partial charge in [0.25, 0.3) is 5.56 Å². The van der Waals surface area contributed by atoms with E-state index in [-0.39, 0.29) is 27.7 Å². The molecule has 0 atom stereocenters. The van der Waals surface area contributed by atoms with E-state index >= 15 is 0 Å². The highest BCUT2D eigenvalue weighted by molar-refractivity contribution is 5.96. The molecule has 0 saturated heterocycles. The van der Waals surface area contributed by atoms with Gasteiger partial charge in [0.15, 0.2) is 11.5 Å². The molecule has 0 bridgehead atoms. The Labute approximate surface area is 154 Å². The number of rotatable bonds is 4. The van der Waals surface area contributed by atoms with Crippen molar-refractivity contribution in [1.29, 1.82) is 10.7 Å². The van der Waals surface area contributed by atoms with Gasteiger partial charge in [-0.05, 0) is 24.6 Å². The lowest BCUT2D eigenvalue weighted by molar-refractivity contribution is 0.324. The van der Waals surface area contributed by atoms with Crippen molar-refractivity contribution >= 4 is 11.0 Å². The largest absolute Gasteiger partial charge is 0.493 e. The number of H-pyrrole nitrogens is 1. The zero-order valence-corrected chi connectivity index (χ0v) is 15.2. The molecular formula is C19H17N3O5. The quantitative estimate of drug-likeness (QED) is 0.730. The summed E-state index contributed by atoms with van der Waals surface area (Å²) in [5.74, 6) is 1.10. The number of methoxy groups -OCH3 is 3. The van der Waals surface area contributed by atoms with Crippen molar-refractivity contribution < 1.29 is 18.6 Å². The molecule has 3 rings (SSSR count). The molecule has 0 radical (unpaired) electrons. The van der Waals surface area contributed by atoms with E-state index in [1.54, 1.807) is 25.1 Å². The van der Waals surface area contributed by atoms with Gasteiger partial charge >= 0.3 is 0 Å². The molecule has 0 spiro atoms. The van der Waals surface area contributed by atoms with Gasteiger partial charge in [-0.1, -0.05) is 0 Å². The smallest absolute Gasteiger partial charge is 0.259 e. The van der Waals surface area contributed by atoms with Gasteiger partial charge in [-0.3, -0.25) is 10.2 Å². The minimum absolute atomic E-state index is 0.0638. The van der Waals surface area contributed by atoms with Gasteiger partial charge in [0.1, 0.15) is 17.2 Å². The Morgan fingerprint density at radius 3 is 2.26 bits per heavy atom. The first-order chi connectivity index (χ1) is 12.9. The topological polar surface area (TPSA) is 121 Å². The first-order valence-electron chi connectivity index (χ1n) is 7.91. The second-order valence-corrected chi connectivity index (χ2v) is 5.73. The summed E-state index contributed by atoms with van der Waals surface area (Å²) in [6.07, 6.45) is 0. The van der Waals surface area contributed by atoms with Crippen molar-refractivity contribution in [2.45, 2.75) is 6.92 Å². The van der Waals surface area contributed by atoms with Gasteiger partial charge in [-0.15, -0.1) is 0 Å². The maximum absolute atomic E-state index is 12.6. The highest BCUT2D eigenvalue weighted by Gasteiger charge is 2.21. The van der Waals surface area contributed by atoms with Crippen LogP contribution < -0.4 is 25.3 Å². The first-order valence-corrected chi connectivity index (χ1v) is 7.91. The molecule has 0 saturated carbocycles. The van der Waals surface area contributed by atoms with Gasteiger partial charge < -0.3 is 23.6 Å². The number of nitrogens with zero attached hydrogens (tertiary/aromatic N) is 1. The summed E-state index contributed by atoms with van der Waals surface area (Å²) in [6, 6.07) is 6.80. The molecule has 2 N–H and O–H groups in total. The van der Waals surface area contributed by atoms with E-state index in [2.05, 4.69) is 4.98 Å². The Balaban J connectivity index is 2.53. The number of nitrogens with one attached hydrogen (secondary N) is 2. The molecule has 0 aliphatic rings. The second kappa shape index (κ2) is 6.88. The van der Waals surface area contributed by atoms with Crippen LogP contribution in [0.25, 0.3) is 22.1 Å². The minimum Gasteiger partial charge on any atom is -0.493 e. The SMILES string of the molecule is COc1cc(-c2c(C#N)c(=N)oc3cc(C)[nH]c(=O)c23)cc(OC)c1OC. The summed E-state index contributed by atoms with van der Waals surface area (Å²) < 4.78 is 21.4. The summed E-state index contributed by atoms with van der Waals surface area (Å²) in [5.41, 5.74) is 0.702. The number of aromatic amines is 1. The Kier molecular flexibility index (Phi) is 4.60. The lowest BCUT2D eigenvalue weighted by Crippen LogP contribution is -2.15. The van der Waals surface area contributed by atoms with Crippen LogP contribution in [0.4, 0.5) is 0 Å². The average Bonchev–Trinajstić information content (AvgIpc) is 2.65. The lowest BCUT2D eigenvalue weighted by atomic mass is 9.97. The van der Waals surface area contributed by atoms with Crippen LogP contribution in [0.3, 0.4) is 0 Å². The van der Waals surface area contributed by atoms with E-state index in [1.807, 2.05) is 6.07 Å². The summed E-state index contributed by atoms with van der Waals surface area (Å²) in [7, 11) is 4.42. The lowest BCUT2D eigenvalue weighted by Gasteiger charge is -2.15. The Morgan fingerprint density at radius 2 is 1.74 bits per heavy atom. The fourth-order valence-corrected chi connectivity index (χ4v) is 3.00. The van der Waals surface area contributed by atoms with E-state index in [0.717, 1.165) is 0 Å². The number of hydrogen-bond donors (Lipinski definition) is 2. The van der Waals surface area contributed by atoms with Gasteiger partial charge in [0, 0.05) is 17.3 Å². The van der Waals surface area contributed by atoms with Crippen LogP contribution in [-0.2, 0) is 0 Å². The fourth-order valence-electron chi connectivity index (χ4n) is 3.00. The molecule has 2 heterocycles. The minimum atomic E-state index is -0.422. The van der Waals surface area contributed by atoms with Crippen LogP contribution in [0.1, 0.15) is 11.3 Å². The summed E-state index contributed by atoms with van der Waals surface area (Å²) >= 11 is 0. The number of aromatic nitrogens is 1. The van der Waals surface area contributed by atoms with Crippen molar-refractivity contribution in [3.05, 3.63) is 45.4 Å². The predicted molar refractivity (Wildman–Crippen MR) is 97.2 cm³/mol. The van der Waals surface area contributed by atoms with Gasteiger partial charge in [0.05, 0.1) is 26.7 Å². The molecule has 27 heavy (non-hydrogen) atoms. The number of ether oxygens (including phenoxy) is 3.